The smallest absolute Gasteiger partial charge is 0.426 e. The van der Waals surface area contributed by atoms with E-state index in [9.17, 15) is 36.2 Å². The van der Waals surface area contributed by atoms with Gasteiger partial charge in [0.05, 0.1) is 13.0 Å². The molecular formula is C16H24F6O3. The number of ether oxygens (including phenoxy) is 1. The zero-order valence-corrected chi connectivity index (χ0v) is 14.4. The van der Waals surface area contributed by atoms with Gasteiger partial charge in [0.25, 0.3) is 5.60 Å². The van der Waals surface area contributed by atoms with Gasteiger partial charge in [-0.05, 0) is 37.5 Å². The fourth-order valence-corrected chi connectivity index (χ4v) is 3.71. The molecule has 2 aliphatic carbocycles. The van der Waals surface area contributed by atoms with Crippen LogP contribution in [0.3, 0.4) is 0 Å². The Morgan fingerprint density at radius 3 is 1.88 bits per heavy atom. The average molecular weight is 378 g/mol. The predicted molar refractivity (Wildman–Crippen MR) is 77.5 cm³/mol. The first-order valence-electron chi connectivity index (χ1n) is 8.23. The Hall–Kier alpha value is -0.990. The molecule has 0 heterocycles. The van der Waals surface area contributed by atoms with Gasteiger partial charge in [-0.2, -0.15) is 26.3 Å². The van der Waals surface area contributed by atoms with Crippen molar-refractivity contribution in [2.24, 2.45) is 23.7 Å². The van der Waals surface area contributed by atoms with Gasteiger partial charge in [0, 0.05) is 5.92 Å². The Bertz CT molecular complexity index is 446. The van der Waals surface area contributed by atoms with Crippen molar-refractivity contribution >= 4 is 5.97 Å². The van der Waals surface area contributed by atoms with Crippen LogP contribution in [0.2, 0.25) is 0 Å². The Morgan fingerprint density at radius 2 is 1.64 bits per heavy atom. The van der Waals surface area contributed by atoms with Crippen LogP contribution in [-0.4, -0.2) is 36.1 Å². The summed E-state index contributed by atoms with van der Waals surface area (Å²) in [5.74, 6) is -2.55. The van der Waals surface area contributed by atoms with Gasteiger partial charge in [-0.1, -0.05) is 20.3 Å². The molecule has 0 aromatic heterocycles. The first kappa shape index (κ1) is 22.1. The summed E-state index contributed by atoms with van der Waals surface area (Å²) in [6.45, 7) is 3.81. The second-order valence-electron chi connectivity index (χ2n) is 6.88. The molecule has 0 aromatic carbocycles. The van der Waals surface area contributed by atoms with Gasteiger partial charge in [0.15, 0.2) is 0 Å². The largest absolute Gasteiger partial charge is 0.469 e. The maximum atomic E-state index is 12.6. The lowest BCUT2D eigenvalue weighted by Gasteiger charge is -2.40. The van der Waals surface area contributed by atoms with Crippen LogP contribution in [0.25, 0.3) is 0 Å². The topological polar surface area (TPSA) is 46.5 Å². The standard InChI is InChI=1S/C10H12F6O.C6H12O2/c11-9(12,13)8(17,10(14,15)16)7-4-5-1-2-6(7)3-5;1-4-5(2)6(7)8-3/h5-7,17H,1-4H2;5H,4H2,1-3H3. The molecule has 9 heteroatoms. The number of fused-ring (bicyclic) bond motifs is 2. The van der Waals surface area contributed by atoms with E-state index in [1.54, 1.807) is 0 Å². The number of alkyl halides is 6. The highest BCUT2D eigenvalue weighted by molar-refractivity contribution is 5.71. The molecule has 3 nitrogen and oxygen atoms in total. The highest BCUT2D eigenvalue weighted by atomic mass is 19.4. The molecule has 0 aromatic rings. The third kappa shape index (κ3) is 4.41. The fourth-order valence-electron chi connectivity index (χ4n) is 3.71. The Kier molecular flexibility index (Phi) is 6.81. The van der Waals surface area contributed by atoms with Crippen LogP contribution in [0.15, 0.2) is 0 Å². The second kappa shape index (κ2) is 7.72. The van der Waals surface area contributed by atoms with Gasteiger partial charge < -0.3 is 9.84 Å². The molecule has 1 N–H and O–H groups in total. The fraction of sp³-hybridized carbons (Fsp3) is 0.938. The lowest BCUT2D eigenvalue weighted by atomic mass is 9.75. The van der Waals surface area contributed by atoms with E-state index in [1.165, 1.54) is 7.11 Å². The zero-order chi connectivity index (χ0) is 19.6. The zero-order valence-electron chi connectivity index (χ0n) is 14.4. The first-order chi connectivity index (χ1) is 11.3. The van der Waals surface area contributed by atoms with Gasteiger partial charge in [0.1, 0.15) is 0 Å². The molecule has 0 spiro atoms. The van der Waals surface area contributed by atoms with E-state index in [0.29, 0.717) is 19.3 Å². The van der Waals surface area contributed by atoms with Gasteiger partial charge in [-0.25, -0.2) is 0 Å². The van der Waals surface area contributed by atoms with E-state index in [4.69, 9.17) is 0 Å². The summed E-state index contributed by atoms with van der Waals surface area (Å²) in [5, 5.41) is 9.26. The molecule has 2 fully saturated rings. The first-order valence-corrected chi connectivity index (χ1v) is 8.23. The summed E-state index contributed by atoms with van der Waals surface area (Å²) in [5.41, 5.74) is -4.54. The minimum atomic E-state index is -5.67. The molecule has 2 saturated carbocycles. The molecule has 148 valence electrons. The minimum absolute atomic E-state index is 0.0556. The normalized spacial score (nSPS) is 27.5. The van der Waals surface area contributed by atoms with E-state index in [2.05, 4.69) is 4.74 Å². The van der Waals surface area contributed by atoms with E-state index < -0.39 is 29.8 Å². The van der Waals surface area contributed by atoms with Crippen molar-refractivity contribution in [2.45, 2.75) is 63.9 Å². The molecule has 0 aliphatic heterocycles. The predicted octanol–water partition coefficient (Wildman–Crippen LogP) is 4.48. The molecule has 4 atom stereocenters. The number of carbonyl (C=O) groups excluding carboxylic acids is 1. The summed E-state index contributed by atoms with van der Waals surface area (Å²) in [7, 11) is 1.41. The quantitative estimate of drug-likeness (QED) is 0.582. The number of esters is 1. The molecule has 2 rings (SSSR count). The molecule has 2 bridgehead atoms. The van der Waals surface area contributed by atoms with Crippen LogP contribution in [0.4, 0.5) is 26.3 Å². The van der Waals surface area contributed by atoms with Crippen LogP contribution in [0, 0.1) is 23.7 Å². The Morgan fingerprint density at radius 1 is 1.12 bits per heavy atom. The molecule has 25 heavy (non-hydrogen) atoms. The number of hydrogen-bond acceptors (Lipinski definition) is 3. The summed E-state index contributed by atoms with van der Waals surface area (Å²) in [4.78, 5) is 10.5. The number of halogens is 6. The van der Waals surface area contributed by atoms with Crippen molar-refractivity contribution in [3.8, 4) is 0 Å². The number of rotatable bonds is 3. The van der Waals surface area contributed by atoms with Crippen molar-refractivity contribution in [2.75, 3.05) is 7.11 Å². The van der Waals surface area contributed by atoms with Crippen LogP contribution in [-0.2, 0) is 9.53 Å². The summed E-state index contributed by atoms with van der Waals surface area (Å²) in [6, 6.07) is 0. The maximum absolute atomic E-state index is 12.6. The number of carbonyl (C=O) groups is 1. The van der Waals surface area contributed by atoms with Gasteiger partial charge in [-0.3, -0.25) is 4.79 Å². The lowest BCUT2D eigenvalue weighted by Crippen LogP contribution is -2.62. The van der Waals surface area contributed by atoms with E-state index in [-0.39, 0.29) is 24.2 Å². The lowest BCUT2D eigenvalue weighted by molar-refractivity contribution is -0.388. The third-order valence-electron chi connectivity index (χ3n) is 5.35. The van der Waals surface area contributed by atoms with Crippen molar-refractivity contribution in [3.05, 3.63) is 0 Å². The van der Waals surface area contributed by atoms with E-state index >= 15 is 0 Å². The monoisotopic (exact) mass is 378 g/mol. The molecule has 0 radical (unpaired) electrons. The van der Waals surface area contributed by atoms with Crippen molar-refractivity contribution < 1.29 is 41.0 Å². The molecule has 4 unspecified atom stereocenters. The van der Waals surface area contributed by atoms with Crippen molar-refractivity contribution in [1.29, 1.82) is 0 Å². The van der Waals surface area contributed by atoms with Crippen LogP contribution in [0.5, 0.6) is 0 Å². The third-order valence-corrected chi connectivity index (χ3v) is 5.35. The molecular weight excluding hydrogens is 354 g/mol. The number of hydrogen-bond donors (Lipinski definition) is 1. The van der Waals surface area contributed by atoms with Crippen LogP contribution in [0.1, 0.15) is 46.0 Å². The molecule has 2 aliphatic rings. The van der Waals surface area contributed by atoms with Crippen molar-refractivity contribution in [3.63, 3.8) is 0 Å². The average Bonchev–Trinajstić information content (AvgIpc) is 3.13. The second-order valence-corrected chi connectivity index (χ2v) is 6.88. The van der Waals surface area contributed by atoms with Crippen molar-refractivity contribution in [1.82, 2.24) is 0 Å². The molecule has 0 saturated heterocycles. The number of aliphatic hydroxyl groups is 1. The highest BCUT2D eigenvalue weighted by Gasteiger charge is 2.75. The van der Waals surface area contributed by atoms with Gasteiger partial charge >= 0.3 is 18.3 Å². The van der Waals surface area contributed by atoms with Gasteiger partial charge in [-0.15, -0.1) is 0 Å². The summed E-state index contributed by atoms with van der Waals surface area (Å²) in [6.07, 6.45) is -9.26. The Balaban J connectivity index is 0.000000333. The highest BCUT2D eigenvalue weighted by Crippen LogP contribution is 2.59. The van der Waals surface area contributed by atoms with Gasteiger partial charge in [0.2, 0.25) is 0 Å². The summed E-state index contributed by atoms with van der Waals surface area (Å²) < 4.78 is 80.1. The van der Waals surface area contributed by atoms with E-state index in [0.717, 1.165) is 6.42 Å². The molecule has 0 amide bonds. The Labute approximate surface area is 142 Å². The van der Waals surface area contributed by atoms with E-state index in [1.807, 2.05) is 13.8 Å². The maximum Gasteiger partial charge on any atom is 0.426 e. The number of methoxy groups -OCH3 is 1. The van der Waals surface area contributed by atoms with Crippen LogP contribution < -0.4 is 0 Å². The summed E-state index contributed by atoms with van der Waals surface area (Å²) >= 11 is 0. The van der Waals surface area contributed by atoms with Crippen LogP contribution >= 0.6 is 0 Å². The SMILES string of the molecule is CCC(C)C(=O)OC.OC(C1CC2CCC1C2)(C(F)(F)F)C(F)(F)F. The minimum Gasteiger partial charge on any atom is -0.469 e.